The zero-order chi connectivity index (χ0) is 13.3. The molecule has 1 aliphatic rings. The van der Waals surface area contributed by atoms with Gasteiger partial charge in [-0.2, -0.15) is 16.9 Å². The van der Waals surface area contributed by atoms with Crippen LogP contribution in [0.5, 0.6) is 0 Å². The Morgan fingerprint density at radius 2 is 2.33 bits per heavy atom. The molecule has 100 valence electrons. The Labute approximate surface area is 111 Å². The molecular formula is C12H20N4OS. The molecule has 1 saturated heterocycles. The number of carbonyl (C=O) groups is 1. The highest BCUT2D eigenvalue weighted by atomic mass is 32.2. The van der Waals surface area contributed by atoms with E-state index in [1.165, 1.54) is 0 Å². The molecule has 0 radical (unpaired) electrons. The van der Waals surface area contributed by atoms with Crippen LogP contribution in [0.1, 0.15) is 42.9 Å². The number of hydrogen-bond acceptors (Lipinski definition) is 4. The molecule has 1 fully saturated rings. The van der Waals surface area contributed by atoms with E-state index < -0.39 is 0 Å². The summed E-state index contributed by atoms with van der Waals surface area (Å²) in [4.78, 5) is 14.2. The molecule has 1 aliphatic heterocycles. The van der Waals surface area contributed by atoms with Gasteiger partial charge in [-0.3, -0.25) is 9.89 Å². The maximum atomic E-state index is 12.4. The summed E-state index contributed by atoms with van der Waals surface area (Å²) in [6, 6.07) is 0. The van der Waals surface area contributed by atoms with Crippen molar-refractivity contribution in [3.8, 4) is 0 Å². The van der Waals surface area contributed by atoms with Gasteiger partial charge in [-0.05, 0) is 5.92 Å². The number of anilines is 1. The molecule has 1 aromatic rings. The van der Waals surface area contributed by atoms with Gasteiger partial charge in [0.25, 0.3) is 5.91 Å². The first kappa shape index (κ1) is 13.3. The summed E-state index contributed by atoms with van der Waals surface area (Å²) in [5.41, 5.74) is 7.72. The fourth-order valence-corrected chi connectivity index (χ4v) is 3.13. The van der Waals surface area contributed by atoms with E-state index in [-0.39, 0.29) is 11.8 Å². The molecule has 1 atom stereocenters. The summed E-state index contributed by atoms with van der Waals surface area (Å²) in [6.45, 7) is 7.73. The van der Waals surface area contributed by atoms with Gasteiger partial charge in [-0.25, -0.2) is 0 Å². The van der Waals surface area contributed by atoms with Gasteiger partial charge in [0, 0.05) is 24.1 Å². The first-order valence-corrected chi connectivity index (χ1v) is 7.30. The van der Waals surface area contributed by atoms with Crippen LogP contribution < -0.4 is 5.73 Å². The summed E-state index contributed by atoms with van der Waals surface area (Å²) in [5, 5.41) is 7.45. The van der Waals surface area contributed by atoms with Crippen LogP contribution in [0.4, 0.5) is 5.69 Å². The van der Waals surface area contributed by atoms with E-state index >= 15 is 0 Å². The second kappa shape index (κ2) is 5.22. The number of nitrogens with zero attached hydrogens (tertiary/aromatic N) is 2. The van der Waals surface area contributed by atoms with Gasteiger partial charge < -0.3 is 10.6 Å². The average molecular weight is 268 g/mol. The SMILES string of the molecule is CC1CN(C(=O)c2n[nH]c(C(C)C)c2N)CCS1. The minimum atomic E-state index is -0.0530. The lowest BCUT2D eigenvalue weighted by atomic mass is 10.1. The lowest BCUT2D eigenvalue weighted by molar-refractivity contribution is 0.0758. The highest BCUT2D eigenvalue weighted by Crippen LogP contribution is 2.25. The predicted octanol–water partition coefficient (Wildman–Crippen LogP) is 1.69. The van der Waals surface area contributed by atoms with Crippen LogP contribution in [0.15, 0.2) is 0 Å². The van der Waals surface area contributed by atoms with Crippen molar-refractivity contribution in [1.29, 1.82) is 0 Å². The first-order chi connectivity index (χ1) is 8.50. The van der Waals surface area contributed by atoms with Gasteiger partial charge in [-0.15, -0.1) is 0 Å². The number of rotatable bonds is 2. The summed E-state index contributed by atoms with van der Waals surface area (Å²) >= 11 is 1.90. The number of nitrogens with two attached hydrogens (primary N) is 1. The third-order valence-corrected chi connectivity index (χ3v) is 4.28. The Balaban J connectivity index is 2.18. The van der Waals surface area contributed by atoms with Crippen molar-refractivity contribution in [1.82, 2.24) is 15.1 Å². The first-order valence-electron chi connectivity index (χ1n) is 6.25. The van der Waals surface area contributed by atoms with Gasteiger partial charge in [0.1, 0.15) is 0 Å². The topological polar surface area (TPSA) is 75.0 Å². The van der Waals surface area contributed by atoms with E-state index in [0.29, 0.717) is 16.6 Å². The fraction of sp³-hybridized carbons (Fsp3) is 0.667. The van der Waals surface area contributed by atoms with Crippen molar-refractivity contribution in [2.75, 3.05) is 24.6 Å². The van der Waals surface area contributed by atoms with Gasteiger partial charge >= 0.3 is 0 Å². The number of nitrogen functional groups attached to an aromatic ring is 1. The van der Waals surface area contributed by atoms with Crippen molar-refractivity contribution >= 4 is 23.4 Å². The minimum absolute atomic E-state index is 0.0530. The highest BCUT2D eigenvalue weighted by molar-refractivity contribution is 7.99. The van der Waals surface area contributed by atoms with Crippen LogP contribution in [-0.4, -0.2) is 45.1 Å². The van der Waals surface area contributed by atoms with Gasteiger partial charge in [0.15, 0.2) is 5.69 Å². The second-order valence-corrected chi connectivity index (χ2v) is 6.53. The van der Waals surface area contributed by atoms with Crippen LogP contribution in [0.25, 0.3) is 0 Å². The van der Waals surface area contributed by atoms with Crippen LogP contribution in [0.2, 0.25) is 0 Å². The highest BCUT2D eigenvalue weighted by Gasteiger charge is 2.27. The third-order valence-electron chi connectivity index (χ3n) is 3.14. The average Bonchev–Trinajstić information content (AvgIpc) is 2.70. The number of nitrogens with one attached hydrogen (secondary N) is 1. The quantitative estimate of drug-likeness (QED) is 0.856. The maximum Gasteiger partial charge on any atom is 0.276 e. The van der Waals surface area contributed by atoms with Gasteiger partial charge in [0.05, 0.1) is 11.4 Å². The van der Waals surface area contributed by atoms with E-state index in [1.54, 1.807) is 0 Å². The summed E-state index contributed by atoms with van der Waals surface area (Å²) in [5.74, 6) is 1.17. The lowest BCUT2D eigenvalue weighted by Gasteiger charge is -2.30. The van der Waals surface area contributed by atoms with E-state index in [0.717, 1.165) is 24.5 Å². The molecule has 5 nitrogen and oxygen atoms in total. The number of aromatic amines is 1. The molecule has 1 unspecified atom stereocenters. The molecule has 0 saturated carbocycles. The van der Waals surface area contributed by atoms with E-state index in [9.17, 15) is 4.79 Å². The van der Waals surface area contributed by atoms with Crippen LogP contribution >= 0.6 is 11.8 Å². The molecular weight excluding hydrogens is 248 g/mol. The van der Waals surface area contributed by atoms with Crippen molar-refractivity contribution in [3.63, 3.8) is 0 Å². The predicted molar refractivity (Wildman–Crippen MR) is 74.9 cm³/mol. The number of H-pyrrole nitrogens is 1. The fourth-order valence-electron chi connectivity index (χ4n) is 2.12. The number of aromatic nitrogens is 2. The third kappa shape index (κ3) is 2.48. The van der Waals surface area contributed by atoms with Crippen molar-refractivity contribution in [2.45, 2.75) is 31.9 Å². The minimum Gasteiger partial charge on any atom is -0.395 e. The normalized spacial score (nSPS) is 20.4. The van der Waals surface area contributed by atoms with Gasteiger partial charge in [-0.1, -0.05) is 20.8 Å². The van der Waals surface area contributed by atoms with Crippen molar-refractivity contribution in [3.05, 3.63) is 11.4 Å². The number of hydrogen-bond donors (Lipinski definition) is 2. The standard InChI is InChI=1S/C12H20N4OS/c1-7(2)10-9(13)11(15-14-10)12(17)16-4-5-18-8(3)6-16/h7-8H,4-6,13H2,1-3H3,(H,14,15). The molecule has 3 N–H and O–H groups in total. The molecule has 1 aromatic heterocycles. The smallest absolute Gasteiger partial charge is 0.276 e. The Morgan fingerprint density at radius 1 is 1.61 bits per heavy atom. The Kier molecular flexibility index (Phi) is 3.85. The molecule has 0 bridgehead atoms. The number of carbonyl (C=O) groups excluding carboxylic acids is 1. The summed E-state index contributed by atoms with van der Waals surface area (Å²) < 4.78 is 0. The largest absolute Gasteiger partial charge is 0.395 e. The zero-order valence-electron chi connectivity index (χ0n) is 11.1. The number of amides is 1. The summed E-state index contributed by atoms with van der Waals surface area (Å²) in [6.07, 6.45) is 0. The molecule has 0 aliphatic carbocycles. The van der Waals surface area contributed by atoms with Gasteiger partial charge in [0.2, 0.25) is 0 Å². The van der Waals surface area contributed by atoms with Crippen LogP contribution in [0, 0.1) is 0 Å². The van der Waals surface area contributed by atoms with E-state index in [1.807, 2.05) is 30.5 Å². The summed E-state index contributed by atoms with van der Waals surface area (Å²) in [7, 11) is 0. The Morgan fingerprint density at radius 3 is 2.89 bits per heavy atom. The molecule has 6 heteroatoms. The van der Waals surface area contributed by atoms with E-state index in [4.69, 9.17) is 5.73 Å². The van der Waals surface area contributed by atoms with E-state index in [2.05, 4.69) is 17.1 Å². The van der Waals surface area contributed by atoms with Crippen molar-refractivity contribution < 1.29 is 4.79 Å². The van der Waals surface area contributed by atoms with Crippen LogP contribution in [0.3, 0.4) is 0 Å². The van der Waals surface area contributed by atoms with Crippen LogP contribution in [-0.2, 0) is 0 Å². The Bertz CT molecular complexity index is 443. The van der Waals surface area contributed by atoms with Crippen molar-refractivity contribution in [2.24, 2.45) is 0 Å². The molecule has 0 aromatic carbocycles. The monoisotopic (exact) mass is 268 g/mol. The second-order valence-electron chi connectivity index (χ2n) is 4.99. The molecule has 2 heterocycles. The molecule has 1 amide bonds. The zero-order valence-corrected chi connectivity index (χ0v) is 11.9. The lowest BCUT2D eigenvalue weighted by Crippen LogP contribution is -2.41. The number of thioether (sulfide) groups is 1. The molecule has 18 heavy (non-hydrogen) atoms. The Hall–Kier alpha value is -1.17. The molecule has 0 spiro atoms. The maximum absolute atomic E-state index is 12.4. The molecule has 2 rings (SSSR count).